The van der Waals surface area contributed by atoms with Crippen molar-refractivity contribution < 1.29 is 17.6 Å². The molecule has 7 heteroatoms. The highest BCUT2D eigenvalue weighted by Gasteiger charge is 2.29. The van der Waals surface area contributed by atoms with Crippen molar-refractivity contribution in [2.75, 3.05) is 0 Å². The number of fused-ring (bicyclic) bond motifs is 1. The summed E-state index contributed by atoms with van der Waals surface area (Å²) in [7, 11) is 0. The van der Waals surface area contributed by atoms with E-state index in [9.17, 15) is 13.2 Å². The van der Waals surface area contributed by atoms with Crippen molar-refractivity contribution >= 4 is 34.7 Å². The number of hydrogen-bond acceptors (Lipinski definition) is 2. The molecule has 0 N–H and O–H groups in total. The summed E-state index contributed by atoms with van der Waals surface area (Å²) in [6.45, 7) is 0.520. The molecule has 0 saturated heterocycles. The summed E-state index contributed by atoms with van der Waals surface area (Å²) in [5.41, 5.74) is 3.77. The van der Waals surface area contributed by atoms with E-state index in [1.807, 2.05) is 42.6 Å². The van der Waals surface area contributed by atoms with Crippen molar-refractivity contribution in [1.29, 1.82) is 0 Å². The fraction of sp³-hybridized carbons (Fsp3) is 0.0741. The standard InChI is InChI=1S/C27H18ClF3N2O/c28-24-4-2-1-3-23(24)19-8-11-25-20(15-19)13-14-33(25)16-22-17-34-26(32-22)12-7-18-5-9-21(10-6-18)27(29,30)31/h1-15,17H,16H2/b12-7+. The maximum absolute atomic E-state index is 12.7. The molecule has 0 atom stereocenters. The number of benzene rings is 3. The van der Waals surface area contributed by atoms with E-state index in [0.717, 1.165) is 39.9 Å². The Balaban J connectivity index is 1.31. The number of alkyl halides is 3. The van der Waals surface area contributed by atoms with Gasteiger partial charge in [-0.05, 0) is 53.6 Å². The van der Waals surface area contributed by atoms with E-state index in [4.69, 9.17) is 16.0 Å². The van der Waals surface area contributed by atoms with Crippen LogP contribution in [0.4, 0.5) is 13.2 Å². The summed E-state index contributed by atoms with van der Waals surface area (Å²) in [5, 5.41) is 1.80. The molecular formula is C27H18ClF3N2O. The average molecular weight is 479 g/mol. The van der Waals surface area contributed by atoms with E-state index >= 15 is 0 Å². The smallest absolute Gasteiger partial charge is 0.416 e. The van der Waals surface area contributed by atoms with Gasteiger partial charge in [-0.2, -0.15) is 13.2 Å². The van der Waals surface area contributed by atoms with Crippen molar-refractivity contribution in [2.24, 2.45) is 0 Å². The Bertz CT molecular complexity index is 1480. The Kier molecular flexibility index (Phi) is 5.75. The van der Waals surface area contributed by atoms with Gasteiger partial charge in [0.05, 0.1) is 17.8 Å². The summed E-state index contributed by atoms with van der Waals surface area (Å²) in [6.07, 6.45) is 2.52. The molecule has 0 amide bonds. The lowest BCUT2D eigenvalue weighted by atomic mass is 10.0. The van der Waals surface area contributed by atoms with Gasteiger partial charge in [-0.15, -0.1) is 0 Å². The molecule has 0 aliphatic rings. The lowest BCUT2D eigenvalue weighted by Crippen LogP contribution is -2.03. The van der Waals surface area contributed by atoms with Crippen LogP contribution in [0.5, 0.6) is 0 Å². The van der Waals surface area contributed by atoms with Crippen LogP contribution in [-0.4, -0.2) is 9.55 Å². The molecule has 0 fully saturated rings. The Labute approximate surface area is 198 Å². The number of rotatable bonds is 5. The summed E-state index contributed by atoms with van der Waals surface area (Å²) in [5.74, 6) is 0.382. The molecule has 3 nitrogen and oxygen atoms in total. The van der Waals surface area contributed by atoms with E-state index < -0.39 is 11.7 Å². The third-order valence-corrected chi connectivity index (χ3v) is 5.84. The molecule has 0 radical (unpaired) electrons. The van der Waals surface area contributed by atoms with Gasteiger partial charge in [-0.1, -0.05) is 48.0 Å². The normalized spacial score (nSPS) is 12.1. The van der Waals surface area contributed by atoms with E-state index in [2.05, 4.69) is 21.7 Å². The summed E-state index contributed by atoms with van der Waals surface area (Å²) < 4.78 is 45.7. The molecule has 5 rings (SSSR count). The molecule has 170 valence electrons. The van der Waals surface area contributed by atoms with Crippen LogP contribution in [-0.2, 0) is 12.7 Å². The molecule has 0 aliphatic heterocycles. The van der Waals surface area contributed by atoms with Crippen LogP contribution in [0.1, 0.15) is 22.7 Å². The molecule has 34 heavy (non-hydrogen) atoms. The lowest BCUT2D eigenvalue weighted by Gasteiger charge is -2.06. The van der Waals surface area contributed by atoms with Crippen LogP contribution in [0, 0.1) is 0 Å². The minimum absolute atomic E-state index is 0.382. The second-order valence-corrected chi connectivity index (χ2v) is 8.23. The first-order valence-corrected chi connectivity index (χ1v) is 10.9. The molecule has 0 spiro atoms. The quantitative estimate of drug-likeness (QED) is 0.255. The largest absolute Gasteiger partial charge is 0.445 e. The number of hydrogen-bond donors (Lipinski definition) is 0. The first kappa shape index (κ1) is 22.0. The fourth-order valence-electron chi connectivity index (χ4n) is 3.80. The molecule has 0 unspecified atom stereocenters. The topological polar surface area (TPSA) is 31.0 Å². The zero-order valence-corrected chi connectivity index (χ0v) is 18.5. The highest BCUT2D eigenvalue weighted by atomic mass is 35.5. The van der Waals surface area contributed by atoms with Gasteiger partial charge in [0.15, 0.2) is 0 Å². The number of halogens is 4. The van der Waals surface area contributed by atoms with Gasteiger partial charge in [-0.25, -0.2) is 4.98 Å². The number of aromatic nitrogens is 2. The first-order valence-electron chi connectivity index (χ1n) is 10.5. The third-order valence-electron chi connectivity index (χ3n) is 5.51. The van der Waals surface area contributed by atoms with Crippen molar-refractivity contribution in [1.82, 2.24) is 9.55 Å². The fourth-order valence-corrected chi connectivity index (χ4v) is 4.04. The van der Waals surface area contributed by atoms with Gasteiger partial charge < -0.3 is 8.98 Å². The van der Waals surface area contributed by atoms with Crippen LogP contribution in [0.2, 0.25) is 5.02 Å². The van der Waals surface area contributed by atoms with Gasteiger partial charge in [0.2, 0.25) is 5.89 Å². The van der Waals surface area contributed by atoms with E-state index in [1.54, 1.807) is 18.4 Å². The van der Waals surface area contributed by atoms with E-state index in [-0.39, 0.29) is 0 Å². The average Bonchev–Trinajstić information content (AvgIpc) is 3.44. The summed E-state index contributed by atoms with van der Waals surface area (Å²) >= 11 is 6.34. The minimum Gasteiger partial charge on any atom is -0.445 e. The molecule has 0 bridgehead atoms. The molecule has 3 aromatic carbocycles. The van der Waals surface area contributed by atoms with Gasteiger partial charge >= 0.3 is 6.18 Å². The highest BCUT2D eigenvalue weighted by molar-refractivity contribution is 6.33. The number of oxazole rings is 1. The Hall–Kier alpha value is -3.77. The molecule has 2 aromatic heterocycles. The van der Waals surface area contributed by atoms with Crippen molar-refractivity contribution in [3.8, 4) is 11.1 Å². The summed E-state index contributed by atoms with van der Waals surface area (Å²) in [6, 6.07) is 20.9. The van der Waals surface area contributed by atoms with Gasteiger partial charge in [0, 0.05) is 33.8 Å². The zero-order valence-electron chi connectivity index (χ0n) is 17.8. The predicted octanol–water partition coefficient (Wildman–Crippen LogP) is 8.19. The second-order valence-electron chi connectivity index (χ2n) is 7.83. The molecule has 0 saturated carbocycles. The SMILES string of the molecule is FC(F)(F)c1ccc(/C=C/c2nc(Cn3ccc4cc(-c5ccccc5Cl)ccc43)co2)cc1. The van der Waals surface area contributed by atoms with Crippen LogP contribution in [0.15, 0.2) is 89.7 Å². The van der Waals surface area contributed by atoms with Gasteiger partial charge in [-0.3, -0.25) is 0 Å². The van der Waals surface area contributed by atoms with Crippen LogP contribution in [0.25, 0.3) is 34.2 Å². The second kappa shape index (κ2) is 8.88. The lowest BCUT2D eigenvalue weighted by molar-refractivity contribution is -0.137. The van der Waals surface area contributed by atoms with E-state index in [0.29, 0.717) is 23.0 Å². The zero-order chi connectivity index (χ0) is 23.7. The minimum atomic E-state index is -4.35. The molecular weight excluding hydrogens is 461 g/mol. The highest BCUT2D eigenvalue weighted by Crippen LogP contribution is 2.31. The molecule has 2 heterocycles. The third kappa shape index (κ3) is 4.63. The van der Waals surface area contributed by atoms with E-state index in [1.165, 1.54) is 12.1 Å². The van der Waals surface area contributed by atoms with Gasteiger partial charge in [0.1, 0.15) is 6.26 Å². The summed E-state index contributed by atoms with van der Waals surface area (Å²) in [4.78, 5) is 4.47. The molecule has 5 aromatic rings. The van der Waals surface area contributed by atoms with Crippen molar-refractivity contribution in [2.45, 2.75) is 12.7 Å². The monoisotopic (exact) mass is 478 g/mol. The van der Waals surface area contributed by atoms with Gasteiger partial charge in [0.25, 0.3) is 0 Å². The van der Waals surface area contributed by atoms with Crippen LogP contribution < -0.4 is 0 Å². The van der Waals surface area contributed by atoms with Crippen molar-refractivity contribution in [3.63, 3.8) is 0 Å². The maximum Gasteiger partial charge on any atom is 0.416 e. The van der Waals surface area contributed by atoms with Crippen LogP contribution >= 0.6 is 11.6 Å². The van der Waals surface area contributed by atoms with Crippen LogP contribution in [0.3, 0.4) is 0 Å². The Morgan fingerprint density at radius 3 is 2.50 bits per heavy atom. The predicted molar refractivity (Wildman–Crippen MR) is 128 cm³/mol. The first-order chi connectivity index (χ1) is 16.4. The molecule has 0 aliphatic carbocycles. The Morgan fingerprint density at radius 1 is 0.941 bits per heavy atom. The van der Waals surface area contributed by atoms with Crippen molar-refractivity contribution in [3.05, 3.63) is 113 Å². The maximum atomic E-state index is 12.7. The Morgan fingerprint density at radius 2 is 1.74 bits per heavy atom. The number of nitrogens with zero attached hydrogens (tertiary/aromatic N) is 2.